The zero-order chi connectivity index (χ0) is 18.0. The molecule has 0 aliphatic rings. The van der Waals surface area contributed by atoms with Crippen molar-refractivity contribution in [2.75, 3.05) is 5.32 Å². The van der Waals surface area contributed by atoms with Crippen molar-refractivity contribution in [3.05, 3.63) is 64.1 Å². The van der Waals surface area contributed by atoms with Crippen LogP contribution < -0.4 is 11.1 Å². The fourth-order valence-electron chi connectivity index (χ4n) is 2.77. The molecule has 5 nitrogen and oxygen atoms in total. The van der Waals surface area contributed by atoms with E-state index in [0.29, 0.717) is 11.5 Å². The van der Waals surface area contributed by atoms with Crippen LogP contribution in [-0.4, -0.2) is 15.9 Å². The fraction of sp³-hybridized carbons (Fsp3) is 0.211. The van der Waals surface area contributed by atoms with Gasteiger partial charge in [0, 0.05) is 28.4 Å². The molecular weight excluding hydrogens is 332 g/mol. The Morgan fingerprint density at radius 1 is 1.16 bits per heavy atom. The average molecular weight is 352 g/mol. The predicted molar refractivity (Wildman–Crippen MR) is 102 cm³/mol. The van der Waals surface area contributed by atoms with Crippen molar-refractivity contribution in [2.24, 2.45) is 5.73 Å². The van der Waals surface area contributed by atoms with Crippen LogP contribution in [0.4, 0.5) is 5.95 Å². The lowest BCUT2D eigenvalue weighted by Gasteiger charge is -2.26. The Balaban J connectivity index is 1.82. The lowest BCUT2D eigenvalue weighted by atomic mass is 9.95. The summed E-state index contributed by atoms with van der Waals surface area (Å²) < 4.78 is 0. The molecule has 0 saturated carbocycles. The summed E-state index contributed by atoms with van der Waals surface area (Å²) in [5, 5.41) is 5.47. The van der Waals surface area contributed by atoms with Crippen molar-refractivity contribution < 1.29 is 4.79 Å². The van der Waals surface area contributed by atoms with Crippen molar-refractivity contribution in [3.63, 3.8) is 0 Å². The lowest BCUT2D eigenvalue weighted by molar-refractivity contribution is 0.100. The Morgan fingerprint density at radius 2 is 1.88 bits per heavy atom. The molecule has 0 spiro atoms. The molecule has 1 aromatic carbocycles. The number of carbonyl (C=O) groups excluding carboxylic acids is 1. The number of nitrogens with two attached hydrogens (primary N) is 1. The summed E-state index contributed by atoms with van der Waals surface area (Å²) in [6.45, 7) is 6.32. The number of nitrogens with zero attached hydrogens (tertiary/aromatic N) is 2. The van der Waals surface area contributed by atoms with Gasteiger partial charge in [0.2, 0.25) is 11.9 Å². The van der Waals surface area contributed by atoms with Gasteiger partial charge in [-0.05, 0) is 55.5 Å². The minimum atomic E-state index is -0.450. The lowest BCUT2D eigenvalue weighted by Crippen LogP contribution is -2.29. The zero-order valence-corrected chi connectivity index (χ0v) is 15.2. The third-order valence-electron chi connectivity index (χ3n) is 4.09. The number of amides is 1. The molecule has 2 aromatic heterocycles. The van der Waals surface area contributed by atoms with Crippen molar-refractivity contribution >= 4 is 23.2 Å². The van der Waals surface area contributed by atoms with Gasteiger partial charge in [-0.3, -0.25) is 4.79 Å². The van der Waals surface area contributed by atoms with Crippen molar-refractivity contribution in [3.8, 4) is 11.1 Å². The van der Waals surface area contributed by atoms with E-state index in [0.717, 1.165) is 11.1 Å². The van der Waals surface area contributed by atoms with E-state index >= 15 is 0 Å². The Labute approximate surface area is 151 Å². The average Bonchev–Trinajstić information content (AvgIpc) is 3.02. The van der Waals surface area contributed by atoms with Crippen LogP contribution in [0.5, 0.6) is 0 Å². The first-order chi connectivity index (χ1) is 11.9. The van der Waals surface area contributed by atoms with E-state index in [2.05, 4.69) is 47.5 Å². The molecule has 0 bridgehead atoms. The smallest absolute Gasteiger partial charge is 0.248 e. The first-order valence-electron chi connectivity index (χ1n) is 7.92. The van der Waals surface area contributed by atoms with E-state index in [1.807, 2.05) is 6.07 Å². The molecule has 0 aliphatic heterocycles. The number of thiophene rings is 1. The highest BCUT2D eigenvalue weighted by molar-refractivity contribution is 7.10. The number of anilines is 1. The second-order valence-electron chi connectivity index (χ2n) is 6.38. The van der Waals surface area contributed by atoms with Gasteiger partial charge in [-0.1, -0.05) is 12.1 Å². The van der Waals surface area contributed by atoms with Crippen LogP contribution in [0.25, 0.3) is 11.1 Å². The summed E-state index contributed by atoms with van der Waals surface area (Å²) in [4.78, 5) is 21.4. The second kappa shape index (κ2) is 6.64. The summed E-state index contributed by atoms with van der Waals surface area (Å²) in [7, 11) is 0. The molecule has 1 amide bonds. The Morgan fingerprint density at radius 3 is 2.48 bits per heavy atom. The molecule has 3 N–H and O–H groups in total. The predicted octanol–water partition coefficient (Wildman–Crippen LogP) is 3.96. The number of aromatic nitrogens is 2. The van der Waals surface area contributed by atoms with Crippen LogP contribution in [-0.2, 0) is 5.54 Å². The minimum absolute atomic E-state index is 0.266. The Kier molecular flexibility index (Phi) is 4.55. The summed E-state index contributed by atoms with van der Waals surface area (Å²) in [6.07, 6.45) is 3.48. The third kappa shape index (κ3) is 3.69. The van der Waals surface area contributed by atoms with E-state index in [4.69, 9.17) is 5.73 Å². The number of hydrogen-bond acceptors (Lipinski definition) is 5. The van der Waals surface area contributed by atoms with Gasteiger partial charge in [0.05, 0.1) is 5.54 Å². The molecule has 0 fully saturated rings. The topological polar surface area (TPSA) is 80.9 Å². The molecule has 0 aliphatic carbocycles. The van der Waals surface area contributed by atoms with E-state index in [1.54, 1.807) is 41.9 Å². The first kappa shape index (κ1) is 17.1. The summed E-state index contributed by atoms with van der Waals surface area (Å²) >= 11 is 1.73. The van der Waals surface area contributed by atoms with E-state index in [1.165, 1.54) is 10.4 Å². The van der Waals surface area contributed by atoms with Crippen molar-refractivity contribution in [1.82, 2.24) is 9.97 Å². The molecule has 0 atom stereocenters. The highest BCUT2D eigenvalue weighted by Gasteiger charge is 2.23. The molecule has 3 rings (SSSR count). The van der Waals surface area contributed by atoms with Gasteiger partial charge in [0.1, 0.15) is 0 Å². The van der Waals surface area contributed by atoms with E-state index in [-0.39, 0.29) is 5.54 Å². The van der Waals surface area contributed by atoms with Crippen molar-refractivity contribution in [2.45, 2.75) is 26.3 Å². The van der Waals surface area contributed by atoms with Gasteiger partial charge in [0.15, 0.2) is 0 Å². The molecule has 3 aromatic rings. The fourth-order valence-corrected chi connectivity index (χ4v) is 3.63. The summed E-state index contributed by atoms with van der Waals surface area (Å²) in [5.41, 5.74) is 8.46. The quantitative estimate of drug-likeness (QED) is 0.728. The maximum absolute atomic E-state index is 11.3. The molecule has 6 heteroatoms. The van der Waals surface area contributed by atoms with Crippen LogP contribution in [0.2, 0.25) is 0 Å². The number of rotatable bonds is 5. The van der Waals surface area contributed by atoms with Gasteiger partial charge in [0.25, 0.3) is 0 Å². The van der Waals surface area contributed by atoms with Gasteiger partial charge in [-0.25, -0.2) is 9.97 Å². The molecule has 0 saturated heterocycles. The second-order valence-corrected chi connectivity index (χ2v) is 7.50. The van der Waals surface area contributed by atoms with Gasteiger partial charge >= 0.3 is 0 Å². The number of hydrogen-bond donors (Lipinski definition) is 2. The van der Waals surface area contributed by atoms with Crippen LogP contribution in [0, 0.1) is 6.92 Å². The highest BCUT2D eigenvalue weighted by atomic mass is 32.1. The van der Waals surface area contributed by atoms with Gasteiger partial charge < -0.3 is 11.1 Å². The number of primary amides is 1. The highest BCUT2D eigenvalue weighted by Crippen LogP contribution is 2.30. The number of aryl methyl sites for hydroxylation is 1. The summed E-state index contributed by atoms with van der Waals surface area (Å²) in [5.74, 6) is 0.111. The van der Waals surface area contributed by atoms with Crippen LogP contribution in [0.15, 0.2) is 48.1 Å². The van der Waals surface area contributed by atoms with Crippen LogP contribution in [0.3, 0.4) is 0 Å². The van der Waals surface area contributed by atoms with Gasteiger partial charge in [-0.15, -0.1) is 11.3 Å². The number of carbonyl (C=O) groups is 1. The number of nitrogens with one attached hydrogen (secondary N) is 1. The largest absolute Gasteiger partial charge is 0.366 e. The molecule has 2 heterocycles. The van der Waals surface area contributed by atoms with E-state index < -0.39 is 5.91 Å². The SMILES string of the molecule is Cc1sccc1C(C)(C)Nc1ncc(-c2cccc(C(N)=O)c2)cn1. The first-order valence-corrected chi connectivity index (χ1v) is 8.80. The third-order valence-corrected chi connectivity index (χ3v) is 4.93. The van der Waals surface area contributed by atoms with Crippen LogP contribution in [0.1, 0.15) is 34.6 Å². The normalized spacial score (nSPS) is 11.3. The summed E-state index contributed by atoms with van der Waals surface area (Å²) in [6, 6.07) is 9.25. The Bertz CT molecular complexity index is 900. The Hall–Kier alpha value is -2.73. The van der Waals surface area contributed by atoms with Gasteiger partial charge in [-0.2, -0.15) is 0 Å². The maximum atomic E-state index is 11.3. The molecule has 128 valence electrons. The molecular formula is C19H20N4OS. The molecule has 0 radical (unpaired) electrons. The standard InChI is InChI=1S/C19H20N4OS/c1-12-16(7-8-25-12)19(2,3)23-18-21-10-15(11-22-18)13-5-4-6-14(9-13)17(20)24/h4-11H,1-3H3,(H2,20,24)(H,21,22,23). The van der Waals surface area contributed by atoms with Crippen LogP contribution >= 0.6 is 11.3 Å². The maximum Gasteiger partial charge on any atom is 0.248 e. The zero-order valence-electron chi connectivity index (χ0n) is 14.4. The molecule has 0 unspecified atom stereocenters. The molecule has 25 heavy (non-hydrogen) atoms. The minimum Gasteiger partial charge on any atom is -0.366 e. The number of benzene rings is 1. The van der Waals surface area contributed by atoms with Crippen molar-refractivity contribution in [1.29, 1.82) is 0 Å². The van der Waals surface area contributed by atoms with E-state index in [9.17, 15) is 4.79 Å². The monoisotopic (exact) mass is 352 g/mol.